The van der Waals surface area contributed by atoms with Crippen molar-refractivity contribution in [2.45, 2.75) is 12.8 Å². The molecule has 0 radical (unpaired) electrons. The van der Waals surface area contributed by atoms with Crippen molar-refractivity contribution in [2.24, 2.45) is 5.92 Å². The highest BCUT2D eigenvalue weighted by Gasteiger charge is 2.42. The summed E-state index contributed by atoms with van der Waals surface area (Å²) in [6.07, 6.45) is 1.13. The van der Waals surface area contributed by atoms with E-state index in [2.05, 4.69) is 4.98 Å². The summed E-state index contributed by atoms with van der Waals surface area (Å²) in [5.74, 6) is -4.61. The SMILES string of the molecule is Cc1ocnc1C(=O)N1C[C@H](C(=O)O)[C@@H](c2ccc(F)cc2F)C1. The number of oxazole rings is 1. The van der Waals surface area contributed by atoms with Crippen LogP contribution in [0.4, 0.5) is 8.78 Å². The lowest BCUT2D eigenvalue weighted by molar-refractivity contribution is -0.141. The lowest BCUT2D eigenvalue weighted by atomic mass is 9.88. The van der Waals surface area contributed by atoms with Crippen molar-refractivity contribution in [2.75, 3.05) is 13.1 Å². The number of benzene rings is 1. The van der Waals surface area contributed by atoms with Crippen LogP contribution in [0, 0.1) is 24.5 Å². The average molecular weight is 336 g/mol. The molecule has 0 unspecified atom stereocenters. The van der Waals surface area contributed by atoms with Crippen LogP contribution in [-0.4, -0.2) is 40.0 Å². The summed E-state index contributed by atoms with van der Waals surface area (Å²) < 4.78 is 32.1. The Balaban J connectivity index is 1.91. The van der Waals surface area contributed by atoms with E-state index in [0.29, 0.717) is 11.8 Å². The molecule has 1 amide bonds. The van der Waals surface area contributed by atoms with Gasteiger partial charge in [-0.25, -0.2) is 13.8 Å². The van der Waals surface area contributed by atoms with E-state index >= 15 is 0 Å². The fourth-order valence-corrected chi connectivity index (χ4v) is 3.00. The topological polar surface area (TPSA) is 83.6 Å². The maximum atomic E-state index is 14.0. The molecule has 24 heavy (non-hydrogen) atoms. The molecule has 1 fully saturated rings. The van der Waals surface area contributed by atoms with Crippen LogP contribution in [-0.2, 0) is 4.79 Å². The van der Waals surface area contributed by atoms with Crippen LogP contribution in [0.5, 0.6) is 0 Å². The normalized spacial score (nSPS) is 20.4. The highest BCUT2D eigenvalue weighted by atomic mass is 19.1. The summed E-state index contributed by atoms with van der Waals surface area (Å²) in [5.41, 5.74) is 0.176. The third-order valence-electron chi connectivity index (χ3n) is 4.23. The molecule has 126 valence electrons. The predicted molar refractivity (Wildman–Crippen MR) is 77.4 cm³/mol. The molecular formula is C16H14F2N2O4. The zero-order chi connectivity index (χ0) is 17.4. The van der Waals surface area contributed by atoms with Gasteiger partial charge in [-0.05, 0) is 18.6 Å². The molecule has 3 rings (SSSR count). The number of carboxylic acid groups (broad SMARTS) is 1. The Morgan fingerprint density at radius 2 is 2.08 bits per heavy atom. The Hall–Kier alpha value is -2.77. The van der Waals surface area contributed by atoms with Gasteiger partial charge in [-0.3, -0.25) is 9.59 Å². The maximum Gasteiger partial charge on any atom is 0.308 e. The molecule has 2 atom stereocenters. The van der Waals surface area contributed by atoms with Gasteiger partial charge in [-0.1, -0.05) is 6.07 Å². The number of aryl methyl sites for hydroxylation is 1. The first-order valence-electron chi connectivity index (χ1n) is 7.25. The maximum absolute atomic E-state index is 14.0. The summed E-state index contributed by atoms with van der Waals surface area (Å²) in [7, 11) is 0. The molecule has 1 saturated heterocycles. The number of aliphatic carboxylic acids is 1. The van der Waals surface area contributed by atoms with Gasteiger partial charge in [0, 0.05) is 25.1 Å². The lowest BCUT2D eigenvalue weighted by Crippen LogP contribution is -2.30. The second kappa shape index (κ2) is 6.03. The first kappa shape index (κ1) is 16.1. The van der Waals surface area contributed by atoms with Gasteiger partial charge >= 0.3 is 5.97 Å². The van der Waals surface area contributed by atoms with E-state index in [1.165, 1.54) is 11.0 Å². The highest BCUT2D eigenvalue weighted by molar-refractivity contribution is 5.94. The van der Waals surface area contributed by atoms with Gasteiger partial charge in [-0.2, -0.15) is 0 Å². The van der Waals surface area contributed by atoms with Gasteiger partial charge in [0.05, 0.1) is 5.92 Å². The molecule has 6 nitrogen and oxygen atoms in total. The number of amides is 1. The molecule has 1 aliphatic heterocycles. The van der Waals surface area contributed by atoms with Crippen molar-refractivity contribution in [3.63, 3.8) is 0 Å². The van der Waals surface area contributed by atoms with Crippen molar-refractivity contribution < 1.29 is 27.9 Å². The number of likely N-dealkylation sites (tertiary alicyclic amines) is 1. The van der Waals surface area contributed by atoms with Crippen molar-refractivity contribution in [3.8, 4) is 0 Å². The molecule has 0 bridgehead atoms. The molecular weight excluding hydrogens is 322 g/mol. The molecule has 2 aromatic rings. The van der Waals surface area contributed by atoms with Crippen molar-refractivity contribution >= 4 is 11.9 Å². The highest BCUT2D eigenvalue weighted by Crippen LogP contribution is 2.35. The zero-order valence-electron chi connectivity index (χ0n) is 12.7. The average Bonchev–Trinajstić information content (AvgIpc) is 3.13. The Kier molecular flexibility index (Phi) is 4.04. The van der Waals surface area contributed by atoms with E-state index < -0.39 is 35.3 Å². The number of aromatic nitrogens is 1. The fourth-order valence-electron chi connectivity index (χ4n) is 3.00. The molecule has 0 aliphatic carbocycles. The van der Waals surface area contributed by atoms with E-state index in [1.54, 1.807) is 6.92 Å². The lowest BCUT2D eigenvalue weighted by Gasteiger charge is -2.16. The van der Waals surface area contributed by atoms with Crippen LogP contribution in [0.25, 0.3) is 0 Å². The quantitative estimate of drug-likeness (QED) is 0.929. The van der Waals surface area contributed by atoms with Gasteiger partial charge in [0.15, 0.2) is 12.1 Å². The van der Waals surface area contributed by atoms with Crippen LogP contribution < -0.4 is 0 Å². The Morgan fingerprint density at radius 1 is 1.33 bits per heavy atom. The summed E-state index contributed by atoms with van der Waals surface area (Å²) in [6.45, 7) is 1.49. The minimum Gasteiger partial charge on any atom is -0.481 e. The summed E-state index contributed by atoms with van der Waals surface area (Å²) in [5, 5.41) is 9.41. The fraction of sp³-hybridized carbons (Fsp3) is 0.312. The number of hydrogen-bond acceptors (Lipinski definition) is 4. The molecule has 1 N–H and O–H groups in total. The number of rotatable bonds is 3. The van der Waals surface area contributed by atoms with E-state index in [9.17, 15) is 23.5 Å². The number of carbonyl (C=O) groups excluding carboxylic acids is 1. The second-order valence-corrected chi connectivity index (χ2v) is 5.68. The number of carbonyl (C=O) groups is 2. The summed E-state index contributed by atoms with van der Waals surface area (Å²) in [4.78, 5) is 29.1. The molecule has 0 saturated carbocycles. The second-order valence-electron chi connectivity index (χ2n) is 5.68. The van der Waals surface area contributed by atoms with E-state index in [1.807, 2.05) is 0 Å². The predicted octanol–water partition coefficient (Wildman–Crippen LogP) is 2.20. The monoisotopic (exact) mass is 336 g/mol. The first-order valence-corrected chi connectivity index (χ1v) is 7.25. The number of carboxylic acids is 1. The molecule has 1 aliphatic rings. The van der Waals surface area contributed by atoms with E-state index in [4.69, 9.17) is 4.42 Å². The Bertz CT molecular complexity index is 805. The Labute approximate surface area is 135 Å². The van der Waals surface area contributed by atoms with Crippen molar-refractivity contribution in [1.82, 2.24) is 9.88 Å². The number of hydrogen-bond donors (Lipinski definition) is 1. The summed E-state index contributed by atoms with van der Waals surface area (Å²) >= 11 is 0. The number of halogens is 2. The first-order chi connectivity index (χ1) is 11.4. The van der Waals surface area contributed by atoms with Gasteiger partial charge in [0.25, 0.3) is 5.91 Å². The van der Waals surface area contributed by atoms with Gasteiger partial charge in [-0.15, -0.1) is 0 Å². The zero-order valence-corrected chi connectivity index (χ0v) is 12.7. The smallest absolute Gasteiger partial charge is 0.308 e. The largest absolute Gasteiger partial charge is 0.481 e. The number of nitrogens with zero attached hydrogens (tertiary/aromatic N) is 2. The molecule has 2 heterocycles. The van der Waals surface area contributed by atoms with E-state index in [-0.39, 0.29) is 24.3 Å². The van der Waals surface area contributed by atoms with Crippen LogP contribution in [0.1, 0.15) is 27.7 Å². The Morgan fingerprint density at radius 3 is 2.67 bits per heavy atom. The minimum atomic E-state index is -1.14. The summed E-state index contributed by atoms with van der Waals surface area (Å²) in [6, 6.07) is 3.00. The van der Waals surface area contributed by atoms with E-state index in [0.717, 1.165) is 12.5 Å². The van der Waals surface area contributed by atoms with Crippen LogP contribution in [0.15, 0.2) is 29.0 Å². The third kappa shape index (κ3) is 2.75. The molecule has 8 heteroatoms. The van der Waals surface area contributed by atoms with Gasteiger partial charge < -0.3 is 14.4 Å². The van der Waals surface area contributed by atoms with Crippen molar-refractivity contribution in [3.05, 3.63) is 53.2 Å². The van der Waals surface area contributed by atoms with Gasteiger partial charge in [0.1, 0.15) is 17.4 Å². The third-order valence-corrected chi connectivity index (χ3v) is 4.23. The van der Waals surface area contributed by atoms with Gasteiger partial charge in [0.2, 0.25) is 0 Å². The van der Waals surface area contributed by atoms with Crippen molar-refractivity contribution in [1.29, 1.82) is 0 Å². The van der Waals surface area contributed by atoms with Crippen LogP contribution in [0.2, 0.25) is 0 Å². The molecule has 0 spiro atoms. The standard InChI is InChI=1S/C16H14F2N2O4/c1-8-14(19-7-24-8)15(21)20-5-11(12(6-20)16(22)23)10-3-2-9(17)4-13(10)18/h2-4,7,11-12H,5-6H2,1H3,(H,22,23)/t11-,12+/m1/s1. The molecule has 1 aromatic heterocycles. The minimum absolute atomic E-state index is 0.00462. The van der Waals surface area contributed by atoms with Crippen LogP contribution in [0.3, 0.4) is 0 Å². The molecule has 1 aromatic carbocycles. The van der Waals surface area contributed by atoms with Crippen LogP contribution >= 0.6 is 0 Å².